The normalized spacial score (nSPS) is 10.2. The zero-order valence-corrected chi connectivity index (χ0v) is 15.9. The number of esters is 1. The summed E-state index contributed by atoms with van der Waals surface area (Å²) in [6.07, 6.45) is 0. The maximum atomic E-state index is 12.7. The second-order valence-electron chi connectivity index (χ2n) is 5.91. The van der Waals surface area contributed by atoms with Gasteiger partial charge in [-0.3, -0.25) is 4.79 Å². The third-order valence-corrected chi connectivity index (χ3v) is 4.33. The van der Waals surface area contributed by atoms with E-state index >= 15 is 0 Å². The number of hydrogen-bond donors (Lipinski definition) is 1. The highest BCUT2D eigenvalue weighted by Crippen LogP contribution is 2.24. The fourth-order valence-corrected chi connectivity index (χ4v) is 2.78. The Kier molecular flexibility index (Phi) is 6.29. The first kappa shape index (κ1) is 19.5. The number of rotatable bonds is 6. The minimum Gasteiger partial charge on any atom is -0.488 e. The van der Waals surface area contributed by atoms with Crippen molar-refractivity contribution in [3.63, 3.8) is 0 Å². The highest BCUT2D eigenvalue weighted by Gasteiger charge is 2.15. The van der Waals surface area contributed by atoms with Gasteiger partial charge in [0.1, 0.15) is 12.4 Å². The van der Waals surface area contributed by atoms with Gasteiger partial charge in [-0.1, -0.05) is 54.1 Å². The van der Waals surface area contributed by atoms with Crippen LogP contribution in [0, 0.1) is 0 Å². The zero-order valence-electron chi connectivity index (χ0n) is 15.1. The van der Waals surface area contributed by atoms with Crippen LogP contribution in [-0.4, -0.2) is 19.0 Å². The minimum atomic E-state index is -0.576. The van der Waals surface area contributed by atoms with E-state index in [1.165, 1.54) is 19.2 Å². The Morgan fingerprint density at radius 2 is 1.64 bits per heavy atom. The molecule has 3 aromatic rings. The van der Waals surface area contributed by atoms with Gasteiger partial charge in [-0.05, 0) is 35.9 Å². The molecule has 28 heavy (non-hydrogen) atoms. The van der Waals surface area contributed by atoms with Crippen molar-refractivity contribution >= 4 is 29.2 Å². The fraction of sp³-hybridized carbons (Fsp3) is 0.0909. The van der Waals surface area contributed by atoms with E-state index in [0.717, 1.165) is 5.56 Å². The summed E-state index contributed by atoms with van der Waals surface area (Å²) in [5.41, 5.74) is 1.98. The Hall–Kier alpha value is -3.31. The largest absolute Gasteiger partial charge is 0.488 e. The molecule has 1 amide bonds. The van der Waals surface area contributed by atoms with Gasteiger partial charge in [0.2, 0.25) is 0 Å². The molecule has 0 aliphatic carbocycles. The lowest BCUT2D eigenvalue weighted by Crippen LogP contribution is -2.14. The van der Waals surface area contributed by atoms with Crippen LogP contribution >= 0.6 is 11.6 Å². The summed E-state index contributed by atoms with van der Waals surface area (Å²) in [6.45, 7) is 0.346. The lowest BCUT2D eigenvalue weighted by Gasteiger charge is -2.12. The second-order valence-corrected chi connectivity index (χ2v) is 6.32. The number of benzene rings is 3. The molecule has 0 radical (unpaired) electrons. The number of nitrogens with one attached hydrogen (secondary N) is 1. The van der Waals surface area contributed by atoms with Gasteiger partial charge in [-0.25, -0.2) is 4.79 Å². The molecule has 0 fully saturated rings. The molecule has 0 saturated heterocycles. The summed E-state index contributed by atoms with van der Waals surface area (Å²) >= 11 is 6.01. The average molecular weight is 396 g/mol. The molecule has 0 spiro atoms. The van der Waals surface area contributed by atoms with Crippen molar-refractivity contribution in [3.05, 3.63) is 94.5 Å². The predicted molar refractivity (Wildman–Crippen MR) is 108 cm³/mol. The van der Waals surface area contributed by atoms with Crippen LogP contribution in [0.1, 0.15) is 26.3 Å². The summed E-state index contributed by atoms with van der Waals surface area (Å²) < 4.78 is 10.5. The number of carbonyl (C=O) groups is 2. The van der Waals surface area contributed by atoms with E-state index in [0.29, 0.717) is 23.6 Å². The van der Waals surface area contributed by atoms with Crippen LogP contribution in [0.2, 0.25) is 5.02 Å². The molecular formula is C22H18ClNO4. The smallest absolute Gasteiger partial charge is 0.339 e. The van der Waals surface area contributed by atoms with Crippen molar-refractivity contribution < 1.29 is 19.1 Å². The van der Waals surface area contributed by atoms with Crippen molar-refractivity contribution in [2.45, 2.75) is 6.61 Å². The number of para-hydroxylation sites is 1. The van der Waals surface area contributed by atoms with Crippen LogP contribution in [0.15, 0.2) is 72.8 Å². The number of hydrogen-bond acceptors (Lipinski definition) is 4. The number of carbonyl (C=O) groups excluding carboxylic acids is 2. The van der Waals surface area contributed by atoms with Gasteiger partial charge < -0.3 is 14.8 Å². The highest BCUT2D eigenvalue weighted by molar-refractivity contribution is 6.33. The first-order valence-corrected chi connectivity index (χ1v) is 8.91. The van der Waals surface area contributed by atoms with Crippen molar-refractivity contribution in [1.82, 2.24) is 0 Å². The molecule has 5 nitrogen and oxygen atoms in total. The van der Waals surface area contributed by atoms with Crippen LogP contribution in [-0.2, 0) is 11.3 Å². The maximum absolute atomic E-state index is 12.7. The summed E-state index contributed by atoms with van der Waals surface area (Å²) in [5.74, 6) is -0.472. The van der Waals surface area contributed by atoms with E-state index in [4.69, 9.17) is 21.1 Å². The molecule has 6 heteroatoms. The monoisotopic (exact) mass is 395 g/mol. The van der Waals surface area contributed by atoms with E-state index in [-0.39, 0.29) is 16.5 Å². The van der Waals surface area contributed by atoms with Crippen LogP contribution in [0.25, 0.3) is 0 Å². The number of anilines is 1. The predicted octanol–water partition coefficient (Wildman–Crippen LogP) is 4.96. The summed E-state index contributed by atoms with van der Waals surface area (Å²) in [6, 6.07) is 21.3. The first-order valence-electron chi connectivity index (χ1n) is 8.53. The lowest BCUT2D eigenvalue weighted by molar-refractivity contribution is 0.0600. The number of amides is 1. The van der Waals surface area contributed by atoms with Crippen molar-refractivity contribution in [2.24, 2.45) is 0 Å². The molecular weight excluding hydrogens is 378 g/mol. The lowest BCUT2D eigenvalue weighted by atomic mass is 10.1. The molecule has 0 saturated carbocycles. The molecule has 0 bridgehead atoms. The van der Waals surface area contributed by atoms with Gasteiger partial charge in [0.25, 0.3) is 5.91 Å². The number of halogens is 1. The Balaban J connectivity index is 1.77. The second kappa shape index (κ2) is 9.06. The van der Waals surface area contributed by atoms with Gasteiger partial charge in [0.15, 0.2) is 0 Å². The van der Waals surface area contributed by atoms with Gasteiger partial charge in [-0.15, -0.1) is 0 Å². The zero-order chi connectivity index (χ0) is 19.9. The number of ether oxygens (including phenoxy) is 2. The quantitative estimate of drug-likeness (QED) is 0.599. The Labute approximate surface area is 167 Å². The SMILES string of the molecule is COC(=O)c1cc(NC(=O)c2ccccc2OCc2ccccc2)ccc1Cl. The highest BCUT2D eigenvalue weighted by atomic mass is 35.5. The Morgan fingerprint density at radius 3 is 2.39 bits per heavy atom. The molecule has 142 valence electrons. The molecule has 0 aromatic heterocycles. The Bertz CT molecular complexity index is 989. The van der Waals surface area contributed by atoms with Crippen LogP contribution in [0.4, 0.5) is 5.69 Å². The van der Waals surface area contributed by atoms with E-state index in [2.05, 4.69) is 5.32 Å². The van der Waals surface area contributed by atoms with Gasteiger partial charge >= 0.3 is 5.97 Å². The van der Waals surface area contributed by atoms with Crippen molar-refractivity contribution in [2.75, 3.05) is 12.4 Å². The van der Waals surface area contributed by atoms with Crippen molar-refractivity contribution in [3.8, 4) is 5.75 Å². The van der Waals surface area contributed by atoms with Gasteiger partial charge in [0, 0.05) is 5.69 Å². The minimum absolute atomic E-state index is 0.176. The molecule has 0 unspecified atom stereocenters. The Morgan fingerprint density at radius 1 is 0.929 bits per heavy atom. The maximum Gasteiger partial charge on any atom is 0.339 e. The molecule has 1 N–H and O–H groups in total. The third kappa shape index (κ3) is 4.69. The summed E-state index contributed by atoms with van der Waals surface area (Å²) in [4.78, 5) is 24.5. The molecule has 0 aliphatic heterocycles. The third-order valence-electron chi connectivity index (χ3n) is 4.00. The van der Waals surface area contributed by atoms with Gasteiger partial charge in [0.05, 0.1) is 23.3 Å². The summed E-state index contributed by atoms with van der Waals surface area (Å²) in [7, 11) is 1.27. The van der Waals surface area contributed by atoms with Gasteiger partial charge in [-0.2, -0.15) is 0 Å². The first-order chi connectivity index (χ1) is 13.6. The van der Waals surface area contributed by atoms with E-state index in [1.54, 1.807) is 30.3 Å². The molecule has 3 rings (SSSR count). The molecule has 0 aliphatic rings. The molecule has 0 atom stereocenters. The molecule has 3 aromatic carbocycles. The fourth-order valence-electron chi connectivity index (χ4n) is 2.58. The molecule has 0 heterocycles. The van der Waals surface area contributed by atoms with Crippen LogP contribution in [0.5, 0.6) is 5.75 Å². The topological polar surface area (TPSA) is 64.6 Å². The van der Waals surface area contributed by atoms with Crippen LogP contribution in [0.3, 0.4) is 0 Å². The van der Waals surface area contributed by atoms with Crippen molar-refractivity contribution in [1.29, 1.82) is 0 Å². The van der Waals surface area contributed by atoms with E-state index < -0.39 is 5.97 Å². The standard InChI is InChI=1S/C22H18ClNO4/c1-27-22(26)18-13-16(11-12-19(18)23)24-21(25)17-9-5-6-10-20(17)28-14-15-7-3-2-4-8-15/h2-13H,14H2,1H3,(H,24,25). The number of methoxy groups -OCH3 is 1. The van der Waals surface area contributed by atoms with Crippen LogP contribution < -0.4 is 10.1 Å². The average Bonchev–Trinajstić information content (AvgIpc) is 2.74. The van der Waals surface area contributed by atoms with E-state index in [9.17, 15) is 9.59 Å². The van der Waals surface area contributed by atoms with E-state index in [1.807, 2.05) is 30.3 Å². The summed E-state index contributed by atoms with van der Waals surface area (Å²) in [5, 5.41) is 3.00.